The Morgan fingerprint density at radius 1 is 0.931 bits per heavy atom. The zero-order chi connectivity index (χ0) is 21.2. The van der Waals surface area contributed by atoms with Gasteiger partial charge in [0.05, 0.1) is 0 Å². The van der Waals surface area contributed by atoms with Crippen molar-refractivity contribution < 1.29 is 0 Å². The summed E-state index contributed by atoms with van der Waals surface area (Å²) in [5, 5.41) is 4.75. The number of benzene rings is 1. The molecule has 0 aromatic heterocycles. The SMILES string of the molecule is C[C@@H](C1=C=C=C=C1P(C1=C[CH]C=CC1)c1ccccc1)P(C(C)(C)C)C(C)(C)C. The Bertz CT molecular complexity index is 930. The summed E-state index contributed by atoms with van der Waals surface area (Å²) >= 11 is 0. The van der Waals surface area contributed by atoms with E-state index in [1.165, 1.54) is 21.5 Å². The second-order valence-electron chi connectivity index (χ2n) is 9.68. The largest absolute Gasteiger partial charge is 0.0875 e. The molecule has 2 aliphatic carbocycles. The van der Waals surface area contributed by atoms with Crippen LogP contribution in [0.25, 0.3) is 0 Å². The van der Waals surface area contributed by atoms with Crippen molar-refractivity contribution in [3.05, 3.63) is 88.4 Å². The lowest BCUT2D eigenvalue weighted by Crippen LogP contribution is -2.31. The molecule has 2 heteroatoms. The van der Waals surface area contributed by atoms with Crippen LogP contribution in [0.2, 0.25) is 0 Å². The maximum Gasteiger partial charge on any atom is 0.0473 e. The summed E-state index contributed by atoms with van der Waals surface area (Å²) in [6, 6.07) is 11.0. The molecular formula is C27H33P2. The first-order valence-electron chi connectivity index (χ1n) is 10.5. The first-order chi connectivity index (χ1) is 13.6. The highest BCUT2D eigenvalue weighted by molar-refractivity contribution is 7.74. The van der Waals surface area contributed by atoms with Gasteiger partial charge in [0.15, 0.2) is 0 Å². The van der Waals surface area contributed by atoms with Gasteiger partial charge in [0, 0.05) is 23.0 Å². The van der Waals surface area contributed by atoms with Crippen molar-refractivity contribution in [2.75, 3.05) is 0 Å². The van der Waals surface area contributed by atoms with Crippen LogP contribution in [0.4, 0.5) is 0 Å². The van der Waals surface area contributed by atoms with Gasteiger partial charge in [-0.15, -0.1) is 0 Å². The third kappa shape index (κ3) is 5.04. The van der Waals surface area contributed by atoms with Gasteiger partial charge in [-0.05, 0) is 41.0 Å². The molecule has 3 rings (SSSR count). The monoisotopic (exact) mass is 419 g/mol. The highest BCUT2D eigenvalue weighted by Crippen LogP contribution is 2.67. The molecule has 0 saturated heterocycles. The Balaban J connectivity index is 2.03. The Morgan fingerprint density at radius 3 is 2.14 bits per heavy atom. The van der Waals surface area contributed by atoms with Crippen LogP contribution in [0.3, 0.4) is 0 Å². The maximum atomic E-state index is 3.52. The van der Waals surface area contributed by atoms with E-state index in [1.807, 2.05) is 0 Å². The maximum absolute atomic E-state index is 3.52. The number of rotatable bonds is 5. The lowest BCUT2D eigenvalue weighted by Gasteiger charge is -2.46. The molecule has 0 nitrogen and oxygen atoms in total. The highest BCUT2D eigenvalue weighted by atomic mass is 31.1. The summed E-state index contributed by atoms with van der Waals surface area (Å²) in [6.45, 7) is 16.8. The van der Waals surface area contributed by atoms with Crippen LogP contribution >= 0.6 is 15.8 Å². The fourth-order valence-electron chi connectivity index (χ4n) is 4.74. The molecule has 2 atom stereocenters. The van der Waals surface area contributed by atoms with Gasteiger partial charge in [0.25, 0.3) is 0 Å². The molecule has 151 valence electrons. The van der Waals surface area contributed by atoms with E-state index >= 15 is 0 Å². The van der Waals surface area contributed by atoms with Crippen molar-refractivity contribution in [2.24, 2.45) is 0 Å². The minimum atomic E-state index is -0.611. The molecule has 1 aromatic rings. The molecule has 0 amide bonds. The van der Waals surface area contributed by atoms with Crippen LogP contribution in [0.1, 0.15) is 54.9 Å². The van der Waals surface area contributed by atoms with Gasteiger partial charge in [-0.1, -0.05) is 116 Å². The fourth-order valence-corrected chi connectivity index (χ4v) is 12.2. The molecule has 29 heavy (non-hydrogen) atoms. The number of allylic oxidation sites excluding steroid dienone is 6. The van der Waals surface area contributed by atoms with E-state index in [0.29, 0.717) is 5.66 Å². The van der Waals surface area contributed by atoms with E-state index in [2.05, 4.69) is 121 Å². The van der Waals surface area contributed by atoms with E-state index in [0.717, 1.165) is 6.42 Å². The second-order valence-corrected chi connectivity index (χ2v) is 16.1. The summed E-state index contributed by atoms with van der Waals surface area (Å²) in [7, 11) is -0.895. The molecule has 0 saturated carbocycles. The smallest absolute Gasteiger partial charge is 0.0473 e. The first kappa shape index (κ1) is 22.3. The van der Waals surface area contributed by atoms with Crippen molar-refractivity contribution in [1.82, 2.24) is 0 Å². The molecule has 0 heterocycles. The van der Waals surface area contributed by atoms with Gasteiger partial charge in [0.1, 0.15) is 0 Å². The van der Waals surface area contributed by atoms with Crippen molar-refractivity contribution in [1.29, 1.82) is 0 Å². The fraction of sp³-hybridized carbons (Fsp3) is 0.407. The average Bonchev–Trinajstić information content (AvgIpc) is 3.11. The van der Waals surface area contributed by atoms with Gasteiger partial charge >= 0.3 is 0 Å². The average molecular weight is 420 g/mol. The van der Waals surface area contributed by atoms with Crippen molar-refractivity contribution >= 4 is 21.1 Å². The minimum absolute atomic E-state index is 0.269. The predicted octanol–water partition coefficient (Wildman–Crippen LogP) is 8.04. The summed E-state index contributed by atoms with van der Waals surface area (Å²) in [5.74, 6) is 0. The summed E-state index contributed by atoms with van der Waals surface area (Å²) in [5.41, 5.74) is 12.1. The quantitative estimate of drug-likeness (QED) is 0.335. The molecule has 0 fully saturated rings. The van der Waals surface area contributed by atoms with E-state index in [9.17, 15) is 0 Å². The lowest BCUT2D eigenvalue weighted by atomic mass is 10.2. The topological polar surface area (TPSA) is 0 Å². The molecule has 0 aliphatic heterocycles. The Hall–Kier alpha value is -1.36. The van der Waals surface area contributed by atoms with Crippen LogP contribution in [0.5, 0.6) is 0 Å². The van der Waals surface area contributed by atoms with E-state index in [1.54, 1.807) is 0 Å². The standard InChI is InChI=1S/C27H33P2/c1-21(29(26(2,3)4)27(5,6)7)24-19-14-20-25(24)28(22-15-10-8-11-16-22)23-17-12-9-13-18-23/h8-13,15-17,21H,18H2,1-7H3/t21-,28?/m0/s1. The van der Waals surface area contributed by atoms with Gasteiger partial charge in [0.2, 0.25) is 0 Å². The summed E-state index contributed by atoms with van der Waals surface area (Å²) in [6.07, 6.45) is 9.91. The zero-order valence-electron chi connectivity index (χ0n) is 18.9. The summed E-state index contributed by atoms with van der Waals surface area (Å²) in [4.78, 5) is 0. The molecule has 0 spiro atoms. The molecular weight excluding hydrogens is 386 g/mol. The normalized spacial score (nSPS) is 18.6. The molecule has 1 unspecified atom stereocenters. The van der Waals surface area contributed by atoms with Crippen LogP contribution in [-0.2, 0) is 0 Å². The second kappa shape index (κ2) is 8.79. The van der Waals surface area contributed by atoms with Crippen molar-refractivity contribution in [3.63, 3.8) is 0 Å². The molecule has 1 aromatic carbocycles. The van der Waals surface area contributed by atoms with E-state index < -0.39 is 7.92 Å². The number of hydrogen-bond donors (Lipinski definition) is 0. The lowest BCUT2D eigenvalue weighted by molar-refractivity contribution is 0.695. The van der Waals surface area contributed by atoms with Crippen molar-refractivity contribution in [3.8, 4) is 0 Å². The Labute approximate surface area is 180 Å². The molecule has 1 radical (unpaired) electrons. The van der Waals surface area contributed by atoms with Gasteiger partial charge in [-0.3, -0.25) is 0 Å². The Morgan fingerprint density at radius 2 is 1.59 bits per heavy atom. The number of hydrogen-bond acceptors (Lipinski definition) is 0. The van der Waals surface area contributed by atoms with Gasteiger partial charge in [-0.25, -0.2) is 0 Å². The zero-order valence-corrected chi connectivity index (χ0v) is 20.7. The first-order valence-corrected chi connectivity index (χ1v) is 13.2. The highest BCUT2D eigenvalue weighted by Gasteiger charge is 2.41. The Kier molecular flexibility index (Phi) is 6.77. The van der Waals surface area contributed by atoms with Crippen molar-refractivity contribution in [2.45, 2.75) is 70.9 Å². The molecule has 0 bridgehead atoms. The van der Waals surface area contributed by atoms with Gasteiger partial charge < -0.3 is 0 Å². The third-order valence-electron chi connectivity index (χ3n) is 5.27. The van der Waals surface area contributed by atoms with Crippen LogP contribution in [0.15, 0.2) is 82.0 Å². The van der Waals surface area contributed by atoms with Gasteiger partial charge in [-0.2, -0.15) is 0 Å². The van der Waals surface area contributed by atoms with E-state index in [-0.39, 0.29) is 18.2 Å². The van der Waals surface area contributed by atoms with Crippen LogP contribution in [0, 0.1) is 6.42 Å². The van der Waals surface area contributed by atoms with Crippen LogP contribution in [-0.4, -0.2) is 16.0 Å². The van der Waals surface area contributed by atoms with Crippen LogP contribution < -0.4 is 5.30 Å². The molecule has 2 aliphatic rings. The third-order valence-corrected chi connectivity index (χ3v) is 11.7. The molecule has 0 N–H and O–H groups in total. The predicted molar refractivity (Wildman–Crippen MR) is 133 cm³/mol. The minimum Gasteiger partial charge on any atom is -0.0875 e. The summed E-state index contributed by atoms with van der Waals surface area (Å²) < 4.78 is 0. The van der Waals surface area contributed by atoms with E-state index in [4.69, 9.17) is 0 Å².